The van der Waals surface area contributed by atoms with Crippen LogP contribution in [0.4, 0.5) is 13.6 Å². The van der Waals surface area contributed by atoms with E-state index in [0.717, 1.165) is 49.0 Å². The van der Waals surface area contributed by atoms with Gasteiger partial charge in [-0.3, -0.25) is 4.90 Å². The molecule has 0 bridgehead atoms. The minimum Gasteiger partial charge on any atom is -0.367 e. The average molecular weight is 375 g/mol. The summed E-state index contributed by atoms with van der Waals surface area (Å²) in [5.74, 6) is -0.337. The highest BCUT2D eigenvalue weighted by molar-refractivity contribution is 5.79. The summed E-state index contributed by atoms with van der Waals surface area (Å²) < 4.78 is 27.9. The van der Waals surface area contributed by atoms with Gasteiger partial charge < -0.3 is 20.9 Å². The standard InChI is InChI=1S/C19H23F2N5O/c1-24-17-15(6-7-23-17)18(25-8-2-3-14(22)11-25)26(19(24)27)10-12-9-13(20)4-5-16(12)21/h4-7,9,14,17,23H,2-3,8,10-11,22H2,1H3/t14-,17?/m1/s1. The number of halogens is 2. The molecular weight excluding hydrogens is 352 g/mol. The Morgan fingerprint density at radius 1 is 1.33 bits per heavy atom. The Bertz CT molecular complexity index is 824. The Morgan fingerprint density at radius 2 is 2.15 bits per heavy atom. The number of hydrogen-bond acceptors (Lipinski definition) is 4. The van der Waals surface area contributed by atoms with Crippen molar-refractivity contribution in [2.24, 2.45) is 5.73 Å². The fraction of sp³-hybridized carbons (Fsp3) is 0.421. The Labute approximate surface area is 156 Å². The number of likely N-dealkylation sites (tertiary alicyclic amines) is 1. The van der Waals surface area contributed by atoms with Crippen molar-refractivity contribution in [2.75, 3.05) is 20.1 Å². The van der Waals surface area contributed by atoms with Gasteiger partial charge in [-0.2, -0.15) is 0 Å². The third-order valence-corrected chi connectivity index (χ3v) is 5.34. The third kappa shape index (κ3) is 3.14. The molecule has 8 heteroatoms. The fourth-order valence-electron chi connectivity index (χ4n) is 4.01. The Kier molecular flexibility index (Phi) is 4.51. The van der Waals surface area contributed by atoms with E-state index in [0.29, 0.717) is 6.54 Å². The molecule has 3 aliphatic heterocycles. The molecule has 27 heavy (non-hydrogen) atoms. The summed E-state index contributed by atoms with van der Waals surface area (Å²) in [6.07, 6.45) is 5.33. The lowest BCUT2D eigenvalue weighted by Crippen LogP contribution is -2.58. The van der Waals surface area contributed by atoms with Gasteiger partial charge in [-0.25, -0.2) is 13.6 Å². The lowest BCUT2D eigenvalue weighted by atomic mass is 10.0. The first-order chi connectivity index (χ1) is 13.0. The highest BCUT2D eigenvalue weighted by Gasteiger charge is 2.41. The molecule has 1 fully saturated rings. The van der Waals surface area contributed by atoms with Crippen LogP contribution in [0.5, 0.6) is 0 Å². The largest absolute Gasteiger partial charge is 0.367 e. The molecule has 2 atom stereocenters. The molecule has 144 valence electrons. The van der Waals surface area contributed by atoms with Gasteiger partial charge in [0, 0.05) is 37.3 Å². The molecule has 3 N–H and O–H groups in total. The topological polar surface area (TPSA) is 64.8 Å². The number of carbonyl (C=O) groups excluding carboxylic acids is 1. The van der Waals surface area contributed by atoms with Crippen LogP contribution in [0.15, 0.2) is 41.9 Å². The second kappa shape index (κ2) is 6.84. The van der Waals surface area contributed by atoms with Crippen LogP contribution in [0.1, 0.15) is 18.4 Å². The molecule has 0 saturated carbocycles. The summed E-state index contributed by atoms with van der Waals surface area (Å²) in [7, 11) is 1.70. The minimum absolute atomic E-state index is 0.0196. The van der Waals surface area contributed by atoms with E-state index in [1.165, 1.54) is 4.90 Å². The maximum atomic E-state index is 14.3. The number of piperidine rings is 1. The minimum atomic E-state index is -0.534. The second-order valence-electron chi connectivity index (χ2n) is 7.25. The highest BCUT2D eigenvalue weighted by Crippen LogP contribution is 2.33. The van der Waals surface area contributed by atoms with Gasteiger partial charge in [-0.1, -0.05) is 0 Å². The van der Waals surface area contributed by atoms with E-state index in [2.05, 4.69) is 10.2 Å². The molecule has 4 rings (SSSR count). The van der Waals surface area contributed by atoms with Crippen molar-refractivity contribution >= 4 is 6.03 Å². The summed E-state index contributed by atoms with van der Waals surface area (Å²) in [6.45, 7) is 1.35. The number of urea groups is 1. The van der Waals surface area contributed by atoms with Crippen molar-refractivity contribution < 1.29 is 13.6 Å². The van der Waals surface area contributed by atoms with Crippen LogP contribution in [-0.2, 0) is 6.54 Å². The van der Waals surface area contributed by atoms with Crippen molar-refractivity contribution in [2.45, 2.75) is 31.6 Å². The van der Waals surface area contributed by atoms with Crippen molar-refractivity contribution in [1.82, 2.24) is 20.0 Å². The zero-order valence-electron chi connectivity index (χ0n) is 15.2. The van der Waals surface area contributed by atoms with E-state index in [1.54, 1.807) is 18.1 Å². The first kappa shape index (κ1) is 17.8. The molecule has 1 aromatic rings. The molecule has 0 aliphatic carbocycles. The second-order valence-corrected chi connectivity index (χ2v) is 7.25. The summed E-state index contributed by atoms with van der Waals surface area (Å²) in [5, 5.41) is 3.17. The monoisotopic (exact) mass is 375 g/mol. The Hall–Kier alpha value is -2.61. The summed E-state index contributed by atoms with van der Waals surface area (Å²) in [5.41, 5.74) is 7.23. The SMILES string of the molecule is CN1C(=O)N(Cc2cc(F)ccc2F)C(N2CCC[C@@H](N)C2)=C2C=CNC21. The zero-order chi connectivity index (χ0) is 19.1. The van der Waals surface area contributed by atoms with Crippen LogP contribution in [0.2, 0.25) is 0 Å². The van der Waals surface area contributed by atoms with E-state index in [4.69, 9.17) is 5.73 Å². The molecule has 1 unspecified atom stereocenters. The number of fused-ring (bicyclic) bond motifs is 1. The fourth-order valence-corrected chi connectivity index (χ4v) is 4.01. The van der Waals surface area contributed by atoms with Crippen molar-refractivity contribution in [3.05, 3.63) is 59.1 Å². The third-order valence-electron chi connectivity index (χ3n) is 5.34. The molecule has 6 nitrogen and oxygen atoms in total. The number of likely N-dealkylation sites (N-methyl/N-ethyl adjacent to an activating group) is 1. The first-order valence-electron chi connectivity index (χ1n) is 9.11. The number of benzene rings is 1. The van der Waals surface area contributed by atoms with Gasteiger partial charge in [-0.05, 0) is 43.3 Å². The summed E-state index contributed by atoms with van der Waals surface area (Å²) in [4.78, 5) is 18.3. The van der Waals surface area contributed by atoms with Crippen LogP contribution in [-0.4, -0.2) is 53.1 Å². The van der Waals surface area contributed by atoms with E-state index >= 15 is 0 Å². The summed E-state index contributed by atoms with van der Waals surface area (Å²) >= 11 is 0. The molecule has 0 spiro atoms. The Morgan fingerprint density at radius 3 is 2.93 bits per heavy atom. The number of nitrogens with zero attached hydrogens (tertiary/aromatic N) is 3. The maximum absolute atomic E-state index is 14.3. The van der Waals surface area contributed by atoms with Gasteiger partial charge >= 0.3 is 6.03 Å². The van der Waals surface area contributed by atoms with E-state index in [1.807, 2.05) is 6.08 Å². The molecule has 1 aromatic carbocycles. The lowest BCUT2D eigenvalue weighted by Gasteiger charge is -2.45. The quantitative estimate of drug-likeness (QED) is 0.847. The van der Waals surface area contributed by atoms with Gasteiger partial charge in [0.2, 0.25) is 0 Å². The van der Waals surface area contributed by atoms with Gasteiger partial charge in [0.15, 0.2) is 0 Å². The number of hydrogen-bond donors (Lipinski definition) is 2. The molecule has 1 saturated heterocycles. The Balaban J connectivity index is 1.76. The molecule has 0 radical (unpaired) electrons. The van der Waals surface area contributed by atoms with Gasteiger partial charge in [-0.15, -0.1) is 0 Å². The van der Waals surface area contributed by atoms with Crippen molar-refractivity contribution in [3.63, 3.8) is 0 Å². The number of nitrogens with one attached hydrogen (secondary N) is 1. The summed E-state index contributed by atoms with van der Waals surface area (Å²) in [6, 6.07) is 3.06. The number of nitrogens with two attached hydrogens (primary N) is 1. The molecule has 3 aliphatic rings. The van der Waals surface area contributed by atoms with Crippen LogP contribution in [0.25, 0.3) is 0 Å². The maximum Gasteiger partial charge on any atom is 0.327 e. The molecular formula is C19H23F2N5O. The van der Waals surface area contributed by atoms with Crippen LogP contribution >= 0.6 is 0 Å². The van der Waals surface area contributed by atoms with Gasteiger partial charge in [0.25, 0.3) is 0 Å². The lowest BCUT2D eigenvalue weighted by molar-refractivity contribution is 0.112. The van der Waals surface area contributed by atoms with E-state index in [9.17, 15) is 13.6 Å². The van der Waals surface area contributed by atoms with E-state index in [-0.39, 0.29) is 30.3 Å². The molecule has 3 heterocycles. The van der Waals surface area contributed by atoms with Crippen LogP contribution in [0.3, 0.4) is 0 Å². The molecule has 2 amide bonds. The normalized spacial score (nSPS) is 25.2. The van der Waals surface area contributed by atoms with Crippen molar-refractivity contribution in [3.8, 4) is 0 Å². The number of amides is 2. The van der Waals surface area contributed by atoms with E-state index < -0.39 is 11.6 Å². The predicted molar refractivity (Wildman–Crippen MR) is 96.9 cm³/mol. The van der Waals surface area contributed by atoms with Gasteiger partial charge in [0.05, 0.1) is 6.54 Å². The first-order valence-corrected chi connectivity index (χ1v) is 9.11. The van der Waals surface area contributed by atoms with Crippen molar-refractivity contribution in [1.29, 1.82) is 0 Å². The van der Waals surface area contributed by atoms with Crippen LogP contribution < -0.4 is 11.1 Å². The van der Waals surface area contributed by atoms with Gasteiger partial charge in [0.1, 0.15) is 23.6 Å². The van der Waals surface area contributed by atoms with Crippen LogP contribution in [0, 0.1) is 11.6 Å². The average Bonchev–Trinajstić information content (AvgIpc) is 3.12. The smallest absolute Gasteiger partial charge is 0.327 e. The zero-order valence-corrected chi connectivity index (χ0v) is 15.2. The predicted octanol–water partition coefficient (Wildman–Crippen LogP) is 1.91. The highest BCUT2D eigenvalue weighted by atomic mass is 19.1. The number of carbonyl (C=O) groups is 1. The number of rotatable bonds is 3. The molecule has 0 aromatic heterocycles.